The van der Waals surface area contributed by atoms with Crippen LogP contribution in [0.5, 0.6) is 11.5 Å². The molecule has 108 valence electrons. The quantitative estimate of drug-likeness (QED) is 0.768. The van der Waals surface area contributed by atoms with E-state index in [2.05, 4.69) is 12.1 Å². The highest BCUT2D eigenvalue weighted by atomic mass is 16.3. The molecule has 2 aromatic rings. The van der Waals surface area contributed by atoms with Crippen LogP contribution in [-0.4, -0.2) is 10.2 Å². The summed E-state index contributed by atoms with van der Waals surface area (Å²) in [5, 5.41) is 21.1. The highest BCUT2D eigenvalue weighted by Gasteiger charge is 2.48. The minimum absolute atomic E-state index is 0.180. The minimum Gasteiger partial charge on any atom is -0.508 e. The molecule has 2 aliphatic carbocycles. The van der Waals surface area contributed by atoms with E-state index in [9.17, 15) is 10.2 Å². The third kappa shape index (κ3) is 1.59. The maximum atomic E-state index is 10.5. The van der Waals surface area contributed by atoms with Gasteiger partial charge in [0.2, 0.25) is 0 Å². The Balaban J connectivity index is 2.00. The van der Waals surface area contributed by atoms with E-state index in [1.807, 2.05) is 26.0 Å². The molecule has 0 heterocycles. The smallest absolute Gasteiger partial charge is 0.120 e. The van der Waals surface area contributed by atoms with E-state index in [-0.39, 0.29) is 5.41 Å². The van der Waals surface area contributed by atoms with Crippen molar-refractivity contribution < 1.29 is 10.2 Å². The summed E-state index contributed by atoms with van der Waals surface area (Å²) in [6.45, 7) is 4.04. The first-order valence-corrected chi connectivity index (χ1v) is 7.67. The van der Waals surface area contributed by atoms with Crippen molar-refractivity contribution in [2.24, 2.45) is 0 Å². The standard InChI is InChI=1S/C19H20O2/c1-11-7-13-3-5-19(17(13)15(20)9-11)6-4-14-8-12(2)10-16(21)18(14)19/h7-10,20-21H,3-6H2,1-2H3. The van der Waals surface area contributed by atoms with Crippen LogP contribution in [-0.2, 0) is 18.3 Å². The van der Waals surface area contributed by atoms with Crippen molar-refractivity contribution in [2.45, 2.75) is 44.9 Å². The monoisotopic (exact) mass is 280 g/mol. The van der Waals surface area contributed by atoms with Gasteiger partial charge in [0, 0.05) is 16.5 Å². The molecule has 0 unspecified atom stereocenters. The molecule has 1 spiro atoms. The molecule has 0 saturated carbocycles. The van der Waals surface area contributed by atoms with Crippen molar-refractivity contribution in [3.05, 3.63) is 57.6 Å². The molecule has 2 nitrogen and oxygen atoms in total. The summed E-state index contributed by atoms with van der Waals surface area (Å²) in [5.41, 5.74) is 6.65. The number of aromatic hydroxyl groups is 2. The third-order valence-corrected chi connectivity index (χ3v) is 5.29. The number of phenolic OH excluding ortho intramolecular Hbond substituents is 2. The zero-order valence-corrected chi connectivity index (χ0v) is 12.5. The Morgan fingerprint density at radius 1 is 0.762 bits per heavy atom. The summed E-state index contributed by atoms with van der Waals surface area (Å²) in [7, 11) is 0. The number of benzene rings is 2. The molecule has 2 aromatic carbocycles. The highest BCUT2D eigenvalue weighted by molar-refractivity contribution is 5.63. The van der Waals surface area contributed by atoms with E-state index in [0.29, 0.717) is 11.5 Å². The van der Waals surface area contributed by atoms with E-state index in [1.54, 1.807) is 0 Å². The van der Waals surface area contributed by atoms with E-state index < -0.39 is 0 Å². The van der Waals surface area contributed by atoms with Gasteiger partial charge in [-0.1, -0.05) is 12.1 Å². The van der Waals surface area contributed by atoms with E-state index in [4.69, 9.17) is 0 Å². The molecule has 0 saturated heterocycles. The lowest BCUT2D eigenvalue weighted by Crippen LogP contribution is -2.21. The van der Waals surface area contributed by atoms with Gasteiger partial charge in [-0.05, 0) is 73.9 Å². The van der Waals surface area contributed by atoms with Crippen LogP contribution >= 0.6 is 0 Å². The Hall–Kier alpha value is -1.96. The molecule has 2 N–H and O–H groups in total. The average Bonchev–Trinajstić information content (AvgIpc) is 2.93. The largest absolute Gasteiger partial charge is 0.508 e. The van der Waals surface area contributed by atoms with Gasteiger partial charge in [-0.2, -0.15) is 0 Å². The van der Waals surface area contributed by atoms with Crippen molar-refractivity contribution >= 4 is 0 Å². The number of hydrogen-bond donors (Lipinski definition) is 2. The van der Waals surface area contributed by atoms with Crippen molar-refractivity contribution in [3.63, 3.8) is 0 Å². The van der Waals surface area contributed by atoms with E-state index >= 15 is 0 Å². The minimum atomic E-state index is -0.180. The molecule has 2 aliphatic rings. The molecule has 0 radical (unpaired) electrons. The molecule has 0 bridgehead atoms. The summed E-state index contributed by atoms with van der Waals surface area (Å²) in [4.78, 5) is 0. The average molecular weight is 280 g/mol. The first-order valence-electron chi connectivity index (χ1n) is 7.67. The van der Waals surface area contributed by atoms with Crippen molar-refractivity contribution in [3.8, 4) is 11.5 Å². The second kappa shape index (κ2) is 4.03. The van der Waals surface area contributed by atoms with Gasteiger partial charge in [-0.25, -0.2) is 0 Å². The van der Waals surface area contributed by atoms with E-state index in [1.165, 1.54) is 11.1 Å². The second-order valence-corrected chi connectivity index (χ2v) is 6.72. The lowest BCUT2D eigenvalue weighted by atomic mass is 9.75. The number of aryl methyl sites for hydroxylation is 4. The van der Waals surface area contributed by atoms with Gasteiger partial charge in [0.1, 0.15) is 11.5 Å². The summed E-state index contributed by atoms with van der Waals surface area (Å²) in [5.74, 6) is 0.797. The SMILES string of the molecule is Cc1cc(O)c2c(c1)CCC21CCc2cc(C)cc(O)c21. The molecule has 0 aliphatic heterocycles. The highest BCUT2D eigenvalue weighted by Crippen LogP contribution is 2.57. The van der Waals surface area contributed by atoms with Gasteiger partial charge >= 0.3 is 0 Å². The van der Waals surface area contributed by atoms with E-state index in [0.717, 1.165) is 47.9 Å². The molecule has 0 fully saturated rings. The Morgan fingerprint density at radius 3 is 1.62 bits per heavy atom. The lowest BCUT2D eigenvalue weighted by Gasteiger charge is -2.28. The first-order chi connectivity index (χ1) is 10.0. The third-order valence-electron chi connectivity index (χ3n) is 5.29. The molecule has 0 aromatic heterocycles. The maximum absolute atomic E-state index is 10.5. The first kappa shape index (κ1) is 12.8. The van der Waals surface area contributed by atoms with Crippen molar-refractivity contribution in [1.29, 1.82) is 0 Å². The van der Waals surface area contributed by atoms with Crippen LogP contribution in [0.2, 0.25) is 0 Å². The van der Waals surface area contributed by atoms with Crippen LogP contribution in [0.3, 0.4) is 0 Å². The van der Waals surface area contributed by atoms with Crippen LogP contribution in [0.1, 0.15) is 46.2 Å². The fourth-order valence-electron chi connectivity index (χ4n) is 4.63. The summed E-state index contributed by atoms with van der Waals surface area (Å²) in [6.07, 6.45) is 3.95. The van der Waals surface area contributed by atoms with Gasteiger partial charge in [0.15, 0.2) is 0 Å². The topological polar surface area (TPSA) is 40.5 Å². The van der Waals surface area contributed by atoms with Gasteiger partial charge in [-0.15, -0.1) is 0 Å². The number of hydrogen-bond acceptors (Lipinski definition) is 2. The van der Waals surface area contributed by atoms with Crippen LogP contribution in [0.4, 0.5) is 0 Å². The van der Waals surface area contributed by atoms with Gasteiger partial charge < -0.3 is 10.2 Å². The summed E-state index contributed by atoms with van der Waals surface area (Å²) in [6, 6.07) is 8.09. The predicted octanol–water partition coefficient (Wildman–Crippen LogP) is 3.89. The van der Waals surface area contributed by atoms with Crippen molar-refractivity contribution in [2.75, 3.05) is 0 Å². The predicted molar refractivity (Wildman–Crippen MR) is 83.1 cm³/mol. The van der Waals surface area contributed by atoms with Gasteiger partial charge in [0.25, 0.3) is 0 Å². The van der Waals surface area contributed by atoms with Gasteiger partial charge in [0.05, 0.1) is 0 Å². The molecule has 4 rings (SSSR count). The fraction of sp³-hybridized carbons (Fsp3) is 0.368. The summed E-state index contributed by atoms with van der Waals surface area (Å²) < 4.78 is 0. The Labute approximate surface area is 125 Å². The normalized spacial score (nSPS) is 18.0. The maximum Gasteiger partial charge on any atom is 0.120 e. The number of fused-ring (bicyclic) bond motifs is 4. The fourth-order valence-corrected chi connectivity index (χ4v) is 4.63. The van der Waals surface area contributed by atoms with Crippen LogP contribution in [0, 0.1) is 13.8 Å². The molecular weight excluding hydrogens is 260 g/mol. The molecular formula is C19H20O2. The van der Waals surface area contributed by atoms with Crippen LogP contribution in [0.15, 0.2) is 24.3 Å². The summed E-state index contributed by atoms with van der Waals surface area (Å²) >= 11 is 0. The zero-order chi connectivity index (χ0) is 14.8. The molecule has 0 amide bonds. The Bertz CT molecular complexity index is 693. The number of phenols is 2. The molecule has 0 atom stereocenters. The van der Waals surface area contributed by atoms with Crippen molar-refractivity contribution in [1.82, 2.24) is 0 Å². The Kier molecular flexibility index (Phi) is 2.45. The Morgan fingerprint density at radius 2 is 1.19 bits per heavy atom. The molecule has 21 heavy (non-hydrogen) atoms. The molecule has 2 heteroatoms. The number of rotatable bonds is 0. The second-order valence-electron chi connectivity index (χ2n) is 6.72. The van der Waals surface area contributed by atoms with Crippen LogP contribution in [0.25, 0.3) is 0 Å². The zero-order valence-electron chi connectivity index (χ0n) is 12.5. The van der Waals surface area contributed by atoms with Gasteiger partial charge in [-0.3, -0.25) is 0 Å². The van der Waals surface area contributed by atoms with Crippen LogP contribution < -0.4 is 0 Å². The lowest BCUT2D eigenvalue weighted by molar-refractivity contribution is 0.416.